The Bertz CT molecular complexity index is 196. The molecule has 4 nitrogen and oxygen atoms in total. The summed E-state index contributed by atoms with van der Waals surface area (Å²) in [5.74, 6) is 0.657. The number of likely N-dealkylation sites (tertiary alicyclic amines) is 1. The topological polar surface area (TPSA) is 41.6 Å². The molecule has 1 N–H and O–H groups in total. The second-order valence-electron chi connectivity index (χ2n) is 3.71. The molecule has 2 atom stereocenters. The zero-order chi connectivity index (χ0) is 9.26. The first-order valence-electron chi connectivity index (χ1n) is 4.96. The highest BCUT2D eigenvalue weighted by Crippen LogP contribution is 2.24. The minimum atomic E-state index is -0.154. The van der Waals surface area contributed by atoms with E-state index >= 15 is 0 Å². The first kappa shape index (κ1) is 8.81. The first-order chi connectivity index (χ1) is 6.31. The Hall–Kier alpha value is -0.770. The van der Waals surface area contributed by atoms with E-state index in [2.05, 4.69) is 5.32 Å². The smallest absolute Gasteiger partial charge is 0.409 e. The fourth-order valence-corrected chi connectivity index (χ4v) is 2.21. The molecule has 0 aromatic rings. The number of nitrogens with one attached hydrogen (secondary N) is 1. The molecule has 2 aliphatic heterocycles. The van der Waals surface area contributed by atoms with Crippen LogP contribution in [0.2, 0.25) is 0 Å². The summed E-state index contributed by atoms with van der Waals surface area (Å²) >= 11 is 0. The fraction of sp³-hybridized carbons (Fsp3) is 0.889. The van der Waals surface area contributed by atoms with Gasteiger partial charge in [-0.15, -0.1) is 0 Å². The number of nitrogens with zero attached hydrogens (tertiary/aromatic N) is 1. The van der Waals surface area contributed by atoms with E-state index in [1.54, 1.807) is 0 Å². The van der Waals surface area contributed by atoms with Crippen molar-refractivity contribution >= 4 is 6.09 Å². The van der Waals surface area contributed by atoms with Gasteiger partial charge in [-0.3, -0.25) is 0 Å². The van der Waals surface area contributed by atoms with Crippen molar-refractivity contribution in [3.8, 4) is 0 Å². The summed E-state index contributed by atoms with van der Waals surface area (Å²) in [6.07, 6.45) is 1.04. The van der Waals surface area contributed by atoms with E-state index in [-0.39, 0.29) is 6.09 Å². The predicted molar refractivity (Wildman–Crippen MR) is 48.5 cm³/mol. The Morgan fingerprint density at radius 3 is 3.15 bits per heavy atom. The van der Waals surface area contributed by atoms with E-state index in [1.807, 2.05) is 11.8 Å². The van der Waals surface area contributed by atoms with Gasteiger partial charge in [0, 0.05) is 19.1 Å². The number of fused-ring (bicyclic) bond motifs is 1. The van der Waals surface area contributed by atoms with Gasteiger partial charge in [0.2, 0.25) is 0 Å². The molecule has 2 saturated heterocycles. The van der Waals surface area contributed by atoms with Crippen LogP contribution < -0.4 is 5.32 Å². The van der Waals surface area contributed by atoms with Crippen LogP contribution >= 0.6 is 0 Å². The van der Waals surface area contributed by atoms with Crippen LogP contribution in [0, 0.1) is 5.92 Å². The predicted octanol–water partition coefficient (Wildman–Crippen LogP) is 0.437. The van der Waals surface area contributed by atoms with E-state index < -0.39 is 0 Å². The third kappa shape index (κ3) is 1.63. The van der Waals surface area contributed by atoms with Crippen LogP contribution in [0.25, 0.3) is 0 Å². The Labute approximate surface area is 78.2 Å². The minimum Gasteiger partial charge on any atom is -0.450 e. The molecule has 1 amide bonds. The maximum Gasteiger partial charge on any atom is 0.409 e. The zero-order valence-corrected chi connectivity index (χ0v) is 7.95. The number of carbonyl (C=O) groups excluding carboxylic acids is 1. The van der Waals surface area contributed by atoms with Crippen molar-refractivity contribution in [2.45, 2.75) is 19.4 Å². The number of hydrogen-bond donors (Lipinski definition) is 1. The second kappa shape index (κ2) is 3.54. The molecular formula is C9H16N2O2. The standard InChI is InChI=1S/C9H16N2O2/c1-2-13-9(12)11-5-7-3-4-10-8(7)6-11/h7-8,10H,2-6H2,1H3/t7-,8+/m0/s1. The third-order valence-corrected chi connectivity index (χ3v) is 2.89. The van der Waals surface area contributed by atoms with Gasteiger partial charge in [-0.2, -0.15) is 0 Å². The average molecular weight is 184 g/mol. The highest BCUT2D eigenvalue weighted by atomic mass is 16.6. The van der Waals surface area contributed by atoms with Crippen molar-refractivity contribution in [1.82, 2.24) is 10.2 Å². The fourth-order valence-electron chi connectivity index (χ4n) is 2.21. The van der Waals surface area contributed by atoms with Gasteiger partial charge in [-0.1, -0.05) is 0 Å². The number of carbonyl (C=O) groups is 1. The monoisotopic (exact) mass is 184 g/mol. The van der Waals surface area contributed by atoms with Crippen LogP contribution in [-0.4, -0.2) is 43.3 Å². The molecule has 13 heavy (non-hydrogen) atoms. The van der Waals surface area contributed by atoms with Crippen LogP contribution in [0.1, 0.15) is 13.3 Å². The highest BCUT2D eigenvalue weighted by Gasteiger charge is 2.38. The van der Waals surface area contributed by atoms with Gasteiger partial charge in [0.25, 0.3) is 0 Å². The van der Waals surface area contributed by atoms with Crippen molar-refractivity contribution in [2.24, 2.45) is 5.92 Å². The molecule has 0 radical (unpaired) electrons. The number of amides is 1. The lowest BCUT2D eigenvalue weighted by atomic mass is 10.1. The Balaban J connectivity index is 1.87. The van der Waals surface area contributed by atoms with E-state index in [9.17, 15) is 4.79 Å². The molecule has 2 fully saturated rings. The van der Waals surface area contributed by atoms with Crippen molar-refractivity contribution in [3.05, 3.63) is 0 Å². The highest BCUT2D eigenvalue weighted by molar-refractivity contribution is 5.68. The van der Waals surface area contributed by atoms with E-state index in [0.717, 1.165) is 19.6 Å². The van der Waals surface area contributed by atoms with Gasteiger partial charge in [-0.05, 0) is 25.8 Å². The SMILES string of the molecule is CCOC(=O)N1C[C@@H]2CCN[C@@H]2C1. The zero-order valence-electron chi connectivity index (χ0n) is 7.95. The van der Waals surface area contributed by atoms with Crippen LogP contribution in [0.5, 0.6) is 0 Å². The number of hydrogen-bond acceptors (Lipinski definition) is 3. The van der Waals surface area contributed by atoms with E-state index in [1.165, 1.54) is 6.42 Å². The second-order valence-corrected chi connectivity index (χ2v) is 3.71. The third-order valence-electron chi connectivity index (χ3n) is 2.89. The molecule has 2 aliphatic rings. The number of rotatable bonds is 1. The van der Waals surface area contributed by atoms with Crippen LogP contribution in [0.3, 0.4) is 0 Å². The van der Waals surface area contributed by atoms with Gasteiger partial charge in [-0.25, -0.2) is 4.79 Å². The molecule has 0 aromatic heterocycles. The van der Waals surface area contributed by atoms with E-state index in [4.69, 9.17) is 4.74 Å². The lowest BCUT2D eigenvalue weighted by Gasteiger charge is -2.16. The largest absolute Gasteiger partial charge is 0.450 e. The average Bonchev–Trinajstić information content (AvgIpc) is 2.61. The molecule has 2 rings (SSSR count). The molecule has 0 aliphatic carbocycles. The summed E-state index contributed by atoms with van der Waals surface area (Å²) in [6.45, 7) is 5.11. The molecule has 0 bridgehead atoms. The molecule has 0 saturated carbocycles. The van der Waals surface area contributed by atoms with Crippen LogP contribution in [0.4, 0.5) is 4.79 Å². The minimum absolute atomic E-state index is 0.154. The molecule has 0 spiro atoms. The first-order valence-corrected chi connectivity index (χ1v) is 4.96. The van der Waals surface area contributed by atoms with Crippen molar-refractivity contribution < 1.29 is 9.53 Å². The van der Waals surface area contributed by atoms with Crippen molar-refractivity contribution in [2.75, 3.05) is 26.2 Å². The van der Waals surface area contributed by atoms with Crippen LogP contribution in [-0.2, 0) is 4.74 Å². The summed E-state index contributed by atoms with van der Waals surface area (Å²) in [6, 6.07) is 0.518. The summed E-state index contributed by atoms with van der Waals surface area (Å²) < 4.78 is 4.95. The molecule has 74 valence electrons. The van der Waals surface area contributed by atoms with E-state index in [0.29, 0.717) is 18.6 Å². The van der Waals surface area contributed by atoms with Gasteiger partial charge in [0.05, 0.1) is 6.61 Å². The van der Waals surface area contributed by atoms with Gasteiger partial charge >= 0.3 is 6.09 Å². The normalized spacial score (nSPS) is 31.9. The lowest BCUT2D eigenvalue weighted by molar-refractivity contribution is 0.113. The quantitative estimate of drug-likeness (QED) is 0.643. The summed E-state index contributed by atoms with van der Waals surface area (Å²) in [7, 11) is 0. The summed E-state index contributed by atoms with van der Waals surface area (Å²) in [5.41, 5.74) is 0. The molecular weight excluding hydrogens is 168 g/mol. The number of ether oxygens (including phenoxy) is 1. The molecule has 0 unspecified atom stereocenters. The molecule has 2 heterocycles. The van der Waals surface area contributed by atoms with Gasteiger partial charge in [0.15, 0.2) is 0 Å². The summed E-state index contributed by atoms with van der Waals surface area (Å²) in [5, 5.41) is 3.40. The van der Waals surface area contributed by atoms with Gasteiger partial charge in [0.1, 0.15) is 0 Å². The van der Waals surface area contributed by atoms with Crippen LogP contribution in [0.15, 0.2) is 0 Å². The lowest BCUT2D eigenvalue weighted by Crippen LogP contribution is -2.34. The van der Waals surface area contributed by atoms with Gasteiger partial charge < -0.3 is 15.0 Å². The van der Waals surface area contributed by atoms with Crippen molar-refractivity contribution in [3.63, 3.8) is 0 Å². The van der Waals surface area contributed by atoms with Crippen molar-refractivity contribution in [1.29, 1.82) is 0 Å². The molecule has 4 heteroatoms. The maximum atomic E-state index is 11.4. The maximum absolute atomic E-state index is 11.4. The Morgan fingerprint density at radius 1 is 1.62 bits per heavy atom. The Kier molecular flexibility index (Phi) is 2.40. The summed E-state index contributed by atoms with van der Waals surface area (Å²) in [4.78, 5) is 13.2. The molecule has 0 aromatic carbocycles. The Morgan fingerprint density at radius 2 is 2.46 bits per heavy atom.